The number of thiophene rings is 1. The molecule has 2 heterocycles. The first-order valence-electron chi connectivity index (χ1n) is 7.25. The van der Waals surface area contributed by atoms with Crippen molar-refractivity contribution >= 4 is 23.0 Å². The van der Waals surface area contributed by atoms with E-state index in [4.69, 9.17) is 5.10 Å². The van der Waals surface area contributed by atoms with Gasteiger partial charge in [-0.2, -0.15) is 5.10 Å². The Morgan fingerprint density at radius 2 is 2.14 bits per heavy atom. The molecule has 0 unspecified atom stereocenters. The second-order valence-corrected chi connectivity index (χ2v) is 6.59. The van der Waals surface area contributed by atoms with Gasteiger partial charge in [0.2, 0.25) is 5.91 Å². The molecule has 0 fully saturated rings. The van der Waals surface area contributed by atoms with E-state index in [2.05, 4.69) is 35.7 Å². The molecule has 1 amide bonds. The standard InChI is InChI=1S/C17H16N2OS/c1-11(20)19-17(15-7-4-10-21-15)14-9-8-12-5-2-3-6-13(12)16(14)18-19/h2-7,10,14,17H,8-9H2,1H3/t14-,17-/m1/s1. The molecule has 1 aliphatic carbocycles. The fourth-order valence-electron chi connectivity index (χ4n) is 3.46. The summed E-state index contributed by atoms with van der Waals surface area (Å²) in [5.74, 6) is 0.343. The van der Waals surface area contributed by atoms with Crippen LogP contribution >= 0.6 is 11.3 Å². The summed E-state index contributed by atoms with van der Waals surface area (Å²) in [6.07, 6.45) is 2.12. The van der Waals surface area contributed by atoms with Gasteiger partial charge in [-0.15, -0.1) is 11.3 Å². The summed E-state index contributed by atoms with van der Waals surface area (Å²) in [5, 5.41) is 8.46. The first-order valence-corrected chi connectivity index (χ1v) is 8.13. The van der Waals surface area contributed by atoms with E-state index >= 15 is 0 Å². The number of carbonyl (C=O) groups is 1. The number of hydrogen-bond acceptors (Lipinski definition) is 3. The maximum absolute atomic E-state index is 12.0. The zero-order valence-electron chi connectivity index (χ0n) is 11.8. The number of nitrogens with zero attached hydrogens (tertiary/aromatic N) is 2. The zero-order valence-corrected chi connectivity index (χ0v) is 12.6. The molecular weight excluding hydrogens is 280 g/mol. The van der Waals surface area contributed by atoms with Crippen LogP contribution in [0.4, 0.5) is 0 Å². The molecule has 1 aliphatic heterocycles. The average Bonchev–Trinajstić information content (AvgIpc) is 3.13. The molecule has 4 heteroatoms. The van der Waals surface area contributed by atoms with Gasteiger partial charge < -0.3 is 0 Å². The lowest BCUT2D eigenvalue weighted by Gasteiger charge is -2.28. The minimum atomic E-state index is 0.0211. The van der Waals surface area contributed by atoms with Crippen molar-refractivity contribution in [2.24, 2.45) is 11.0 Å². The Balaban J connectivity index is 1.83. The lowest BCUT2D eigenvalue weighted by atomic mass is 9.79. The summed E-state index contributed by atoms with van der Waals surface area (Å²) in [4.78, 5) is 13.3. The van der Waals surface area contributed by atoms with Crippen molar-refractivity contribution in [2.75, 3.05) is 0 Å². The molecule has 1 aromatic carbocycles. The van der Waals surface area contributed by atoms with Crippen molar-refractivity contribution in [3.8, 4) is 0 Å². The first kappa shape index (κ1) is 12.8. The Labute approximate surface area is 127 Å². The smallest absolute Gasteiger partial charge is 0.240 e. The molecule has 0 saturated heterocycles. The zero-order chi connectivity index (χ0) is 14.4. The maximum Gasteiger partial charge on any atom is 0.240 e. The van der Waals surface area contributed by atoms with Crippen LogP contribution in [0.25, 0.3) is 0 Å². The molecule has 0 bridgehead atoms. The topological polar surface area (TPSA) is 32.7 Å². The molecule has 4 rings (SSSR count). The molecule has 106 valence electrons. The number of hydrogen-bond donors (Lipinski definition) is 0. The van der Waals surface area contributed by atoms with Gasteiger partial charge in [-0.1, -0.05) is 30.3 Å². The summed E-state index contributed by atoms with van der Waals surface area (Å²) in [5.41, 5.74) is 3.66. The lowest BCUT2D eigenvalue weighted by molar-refractivity contribution is -0.131. The van der Waals surface area contributed by atoms with Gasteiger partial charge in [0, 0.05) is 23.3 Å². The van der Waals surface area contributed by atoms with Crippen LogP contribution in [0.1, 0.15) is 35.4 Å². The summed E-state index contributed by atoms with van der Waals surface area (Å²) in [6, 6.07) is 12.7. The molecule has 21 heavy (non-hydrogen) atoms. The van der Waals surface area contributed by atoms with Crippen LogP contribution < -0.4 is 0 Å². The summed E-state index contributed by atoms with van der Waals surface area (Å²) >= 11 is 1.71. The van der Waals surface area contributed by atoms with E-state index in [1.165, 1.54) is 16.0 Å². The fourth-order valence-corrected chi connectivity index (χ4v) is 4.34. The van der Waals surface area contributed by atoms with E-state index in [9.17, 15) is 4.79 Å². The molecule has 3 nitrogen and oxygen atoms in total. The molecule has 0 saturated carbocycles. The number of rotatable bonds is 1. The van der Waals surface area contributed by atoms with E-state index in [1.807, 2.05) is 6.07 Å². The van der Waals surface area contributed by atoms with E-state index in [0.29, 0.717) is 5.92 Å². The van der Waals surface area contributed by atoms with Crippen molar-refractivity contribution < 1.29 is 4.79 Å². The van der Waals surface area contributed by atoms with Gasteiger partial charge in [-0.25, -0.2) is 5.01 Å². The summed E-state index contributed by atoms with van der Waals surface area (Å²) < 4.78 is 0. The largest absolute Gasteiger partial charge is 0.273 e. The fraction of sp³-hybridized carbons (Fsp3) is 0.294. The Morgan fingerprint density at radius 3 is 2.90 bits per heavy atom. The molecule has 1 aromatic heterocycles. The van der Waals surface area contributed by atoms with Crippen LogP contribution in [0.5, 0.6) is 0 Å². The normalized spacial score (nSPS) is 23.5. The highest BCUT2D eigenvalue weighted by Gasteiger charge is 2.43. The lowest BCUT2D eigenvalue weighted by Crippen LogP contribution is -2.30. The highest BCUT2D eigenvalue weighted by atomic mass is 32.1. The quantitative estimate of drug-likeness (QED) is 0.791. The Morgan fingerprint density at radius 1 is 1.29 bits per heavy atom. The number of carbonyl (C=O) groups excluding carboxylic acids is 1. The predicted octanol–water partition coefficient (Wildman–Crippen LogP) is 3.62. The molecular formula is C17H16N2OS. The van der Waals surface area contributed by atoms with Crippen molar-refractivity contribution in [3.05, 3.63) is 57.8 Å². The number of benzene rings is 1. The SMILES string of the molecule is CC(=O)N1N=C2c3ccccc3CC[C@H]2[C@@H]1c1cccs1. The van der Waals surface area contributed by atoms with Crippen LogP contribution in [-0.2, 0) is 11.2 Å². The van der Waals surface area contributed by atoms with Gasteiger partial charge >= 0.3 is 0 Å². The van der Waals surface area contributed by atoms with Crippen LogP contribution in [-0.4, -0.2) is 16.6 Å². The maximum atomic E-state index is 12.0. The summed E-state index contributed by atoms with van der Waals surface area (Å²) in [6.45, 7) is 1.61. The van der Waals surface area contributed by atoms with Gasteiger partial charge in [0.25, 0.3) is 0 Å². The van der Waals surface area contributed by atoms with Gasteiger partial charge in [0.05, 0.1) is 11.8 Å². The molecule has 2 aliphatic rings. The Kier molecular flexibility index (Phi) is 2.93. The van der Waals surface area contributed by atoms with Crippen LogP contribution in [0.15, 0.2) is 46.9 Å². The highest BCUT2D eigenvalue weighted by molar-refractivity contribution is 7.10. The van der Waals surface area contributed by atoms with Gasteiger partial charge in [-0.05, 0) is 29.9 Å². The number of fused-ring (bicyclic) bond motifs is 3. The average molecular weight is 296 g/mol. The third-order valence-corrected chi connectivity index (χ3v) is 5.33. The van der Waals surface area contributed by atoms with Crippen molar-refractivity contribution in [1.82, 2.24) is 5.01 Å². The highest BCUT2D eigenvalue weighted by Crippen LogP contribution is 2.44. The van der Waals surface area contributed by atoms with E-state index in [0.717, 1.165) is 18.6 Å². The molecule has 0 radical (unpaired) electrons. The van der Waals surface area contributed by atoms with E-state index in [1.54, 1.807) is 23.3 Å². The van der Waals surface area contributed by atoms with E-state index in [-0.39, 0.29) is 11.9 Å². The number of aryl methyl sites for hydroxylation is 1. The number of amides is 1. The van der Waals surface area contributed by atoms with Crippen molar-refractivity contribution in [3.63, 3.8) is 0 Å². The molecule has 2 atom stereocenters. The minimum Gasteiger partial charge on any atom is -0.273 e. The first-order chi connectivity index (χ1) is 10.3. The van der Waals surface area contributed by atoms with Crippen molar-refractivity contribution in [1.29, 1.82) is 0 Å². The van der Waals surface area contributed by atoms with Gasteiger partial charge in [-0.3, -0.25) is 4.79 Å². The van der Waals surface area contributed by atoms with Gasteiger partial charge in [0.1, 0.15) is 0 Å². The van der Waals surface area contributed by atoms with Gasteiger partial charge in [0.15, 0.2) is 0 Å². The van der Waals surface area contributed by atoms with Crippen LogP contribution in [0.3, 0.4) is 0 Å². The van der Waals surface area contributed by atoms with Crippen LogP contribution in [0, 0.1) is 5.92 Å². The molecule has 0 N–H and O–H groups in total. The molecule has 0 spiro atoms. The minimum absolute atomic E-state index is 0.0211. The third-order valence-electron chi connectivity index (χ3n) is 4.39. The predicted molar refractivity (Wildman–Crippen MR) is 84.4 cm³/mol. The van der Waals surface area contributed by atoms with Crippen molar-refractivity contribution in [2.45, 2.75) is 25.8 Å². The molecule has 2 aromatic rings. The second kappa shape index (κ2) is 4.81. The monoisotopic (exact) mass is 296 g/mol. The third kappa shape index (κ3) is 1.94. The second-order valence-electron chi connectivity index (χ2n) is 5.61. The summed E-state index contributed by atoms with van der Waals surface area (Å²) in [7, 11) is 0. The number of hydrazone groups is 1. The Hall–Kier alpha value is -1.94. The Bertz CT molecular complexity index is 720. The van der Waals surface area contributed by atoms with Crippen LogP contribution in [0.2, 0.25) is 0 Å². The van der Waals surface area contributed by atoms with E-state index < -0.39 is 0 Å².